The predicted molar refractivity (Wildman–Crippen MR) is 230 cm³/mol. The second kappa shape index (κ2) is 16.4. The number of amides is 4. The Labute approximate surface area is 360 Å². The van der Waals surface area contributed by atoms with Crippen molar-refractivity contribution in [2.45, 2.75) is 134 Å². The van der Waals surface area contributed by atoms with Crippen molar-refractivity contribution in [2.75, 3.05) is 18.5 Å². The van der Waals surface area contributed by atoms with Crippen molar-refractivity contribution < 1.29 is 41.8 Å². The number of nitrogens with one attached hydrogen (secondary N) is 4. The summed E-state index contributed by atoms with van der Waals surface area (Å²) in [6, 6.07) is 3.49. The van der Waals surface area contributed by atoms with Gasteiger partial charge in [-0.15, -0.1) is 17.9 Å². The van der Waals surface area contributed by atoms with Crippen LogP contribution in [0, 0.1) is 11.3 Å². The molecule has 61 heavy (non-hydrogen) atoms. The van der Waals surface area contributed by atoms with E-state index in [1.54, 1.807) is 0 Å². The molecule has 4 fully saturated rings. The maximum atomic E-state index is 14.8. The first kappa shape index (κ1) is 42.7. The maximum absolute atomic E-state index is 14.8. The summed E-state index contributed by atoms with van der Waals surface area (Å²) in [6.45, 7) is 13.8. The quantitative estimate of drug-likeness (QED) is 0.154. The predicted octanol–water partition coefficient (Wildman–Crippen LogP) is 5.21. The van der Waals surface area contributed by atoms with Crippen LogP contribution in [0.15, 0.2) is 36.2 Å². The average Bonchev–Trinajstić information content (AvgIpc) is 3.81. The van der Waals surface area contributed by atoms with E-state index in [4.69, 9.17) is 24.2 Å². The number of anilines is 1. The van der Waals surface area contributed by atoms with Gasteiger partial charge in [-0.1, -0.05) is 26.8 Å². The van der Waals surface area contributed by atoms with Gasteiger partial charge in [-0.05, 0) is 76.3 Å². The van der Waals surface area contributed by atoms with Gasteiger partial charge in [0.15, 0.2) is 5.13 Å². The lowest BCUT2D eigenvalue weighted by atomic mass is 9.85. The summed E-state index contributed by atoms with van der Waals surface area (Å²) in [4.78, 5) is 67.7. The molecule has 328 valence electrons. The lowest BCUT2D eigenvalue weighted by molar-refractivity contribution is -0.143. The molecule has 0 bridgehead atoms. The number of fused-ring (bicyclic) bond motifs is 3. The summed E-state index contributed by atoms with van der Waals surface area (Å²) in [7, 11) is -3.92. The van der Waals surface area contributed by atoms with Crippen molar-refractivity contribution in [3.05, 3.63) is 41.8 Å². The second-order valence-corrected chi connectivity index (χ2v) is 21.1. The second-order valence-electron chi connectivity index (χ2n) is 18.3. The van der Waals surface area contributed by atoms with Gasteiger partial charge in [0.1, 0.15) is 47.0 Å². The van der Waals surface area contributed by atoms with Crippen LogP contribution in [0.4, 0.5) is 9.93 Å². The normalized spacial score (nSPS) is 24.2. The number of hydrogen-bond donors (Lipinski definition) is 4. The lowest BCUT2D eigenvalue weighted by Gasteiger charge is -2.35. The summed E-state index contributed by atoms with van der Waals surface area (Å²) in [5, 5.41) is 11.7. The molecule has 18 heteroatoms. The fourth-order valence-corrected chi connectivity index (χ4v) is 10.8. The van der Waals surface area contributed by atoms with E-state index in [2.05, 4.69) is 27.3 Å². The first-order valence-electron chi connectivity index (χ1n) is 21.2. The Balaban J connectivity index is 1.12. The van der Waals surface area contributed by atoms with E-state index < -0.39 is 74.1 Å². The molecule has 1 saturated heterocycles. The summed E-state index contributed by atoms with van der Waals surface area (Å²) in [5.41, 5.74) is 0.476. The van der Waals surface area contributed by atoms with E-state index in [9.17, 15) is 27.6 Å². The van der Waals surface area contributed by atoms with Crippen molar-refractivity contribution in [3.63, 3.8) is 0 Å². The SMILES string of the molecule is C=CC1C[C@]1(NC(=O)[C@@H]1C[C@@H](Oc2cc(-c3csc(NC(C)C)n3)nc3c4c(ccc23)OCC4)CN1C(=O)[C@@H](NC(=O)OC1CCCC1)C(C)(C)C)C(=O)NS(=O)(=O)C1CC1. The maximum Gasteiger partial charge on any atom is 0.408 e. The molecule has 8 rings (SSSR count). The van der Waals surface area contributed by atoms with Crippen LogP contribution in [0.3, 0.4) is 0 Å². The summed E-state index contributed by atoms with van der Waals surface area (Å²) < 4.78 is 46.3. The van der Waals surface area contributed by atoms with E-state index >= 15 is 0 Å². The molecule has 5 atom stereocenters. The molecule has 1 unspecified atom stereocenters. The molecule has 4 N–H and O–H groups in total. The van der Waals surface area contributed by atoms with Crippen molar-refractivity contribution in [2.24, 2.45) is 11.3 Å². The number of benzene rings is 1. The summed E-state index contributed by atoms with van der Waals surface area (Å²) >= 11 is 1.46. The minimum absolute atomic E-state index is 0.0180. The number of nitrogens with zero attached hydrogens (tertiary/aromatic N) is 3. The van der Waals surface area contributed by atoms with E-state index in [1.165, 1.54) is 22.3 Å². The fraction of sp³-hybridized carbons (Fsp3) is 0.581. The van der Waals surface area contributed by atoms with Gasteiger partial charge >= 0.3 is 6.09 Å². The molecule has 2 aliphatic heterocycles. The number of ether oxygens (including phenoxy) is 3. The third kappa shape index (κ3) is 8.88. The molecule has 0 radical (unpaired) electrons. The zero-order valence-electron chi connectivity index (χ0n) is 35.2. The minimum atomic E-state index is -3.92. The molecule has 4 amide bonds. The third-order valence-corrected chi connectivity index (χ3v) is 14.7. The Morgan fingerprint density at radius 2 is 1.82 bits per heavy atom. The summed E-state index contributed by atoms with van der Waals surface area (Å²) in [6.07, 6.45) is 4.94. The zero-order valence-corrected chi connectivity index (χ0v) is 36.9. The number of hydrogen-bond acceptors (Lipinski definition) is 13. The van der Waals surface area contributed by atoms with Gasteiger partial charge in [0.2, 0.25) is 21.8 Å². The van der Waals surface area contributed by atoms with Crippen LogP contribution < -0.4 is 30.1 Å². The first-order valence-corrected chi connectivity index (χ1v) is 23.6. The highest BCUT2D eigenvalue weighted by atomic mass is 32.2. The molecular weight excluding hydrogens is 823 g/mol. The van der Waals surface area contributed by atoms with Crippen LogP contribution in [0.1, 0.15) is 91.5 Å². The average molecular weight is 878 g/mol. The number of carbonyl (C=O) groups is 4. The molecule has 0 spiro atoms. The monoisotopic (exact) mass is 877 g/mol. The molecular formula is C43H55N7O9S2. The number of sulfonamides is 1. The van der Waals surface area contributed by atoms with Gasteiger partial charge in [-0.25, -0.2) is 23.2 Å². The van der Waals surface area contributed by atoms with Crippen LogP contribution in [-0.2, 0) is 35.6 Å². The molecule has 1 aromatic carbocycles. The number of thiazole rings is 1. The molecule has 3 aliphatic carbocycles. The van der Waals surface area contributed by atoms with Crippen molar-refractivity contribution in [3.8, 4) is 22.9 Å². The number of pyridine rings is 1. The number of aromatic nitrogens is 2. The third-order valence-electron chi connectivity index (χ3n) is 12.1. The fourth-order valence-electron chi connectivity index (χ4n) is 8.57. The topological polar surface area (TPSA) is 207 Å². The van der Waals surface area contributed by atoms with Gasteiger partial charge in [-0.3, -0.25) is 19.1 Å². The Kier molecular flexibility index (Phi) is 11.5. The Hall–Kier alpha value is -4.97. The van der Waals surface area contributed by atoms with E-state index in [1.807, 2.05) is 58.2 Å². The van der Waals surface area contributed by atoms with Crippen molar-refractivity contribution in [1.29, 1.82) is 0 Å². The molecule has 4 heterocycles. The van der Waals surface area contributed by atoms with Gasteiger partial charge < -0.3 is 35.1 Å². The largest absolute Gasteiger partial charge is 0.493 e. The Bertz CT molecular complexity index is 2350. The smallest absolute Gasteiger partial charge is 0.408 e. The van der Waals surface area contributed by atoms with E-state index in [0.29, 0.717) is 48.5 Å². The van der Waals surface area contributed by atoms with Crippen LogP contribution in [-0.4, -0.2) is 101 Å². The highest BCUT2D eigenvalue weighted by Gasteiger charge is 2.62. The van der Waals surface area contributed by atoms with Gasteiger partial charge in [0, 0.05) is 47.2 Å². The standard InChI is InChI=1S/C43H55N7O9S2/c1-7-24-20-43(24,39(53)49-61(55,56)27-12-13-27)48-37(51)32-18-26(21-50(32)38(52)36(42(4,5)6)47-41(54)59-25-10-8-9-11-25)58-34-19-30(31-22-60-40(46-31)44-23(2)3)45-35-28(34)14-15-33-29(35)16-17-57-33/h7,14-15,19,22-27,32,36H,1,8-13,16-18,20-21H2,2-6H3,(H,44,46)(H,47,54)(H,48,51)(H,49,53)/t24?,26-,32+,36-,43-/m1/s1. The molecule has 16 nitrogen and oxygen atoms in total. The minimum Gasteiger partial charge on any atom is -0.493 e. The highest BCUT2D eigenvalue weighted by molar-refractivity contribution is 7.91. The lowest BCUT2D eigenvalue weighted by Crippen LogP contribution is -2.60. The van der Waals surface area contributed by atoms with Crippen LogP contribution >= 0.6 is 11.3 Å². The molecule has 3 aromatic rings. The van der Waals surface area contributed by atoms with E-state index in [0.717, 1.165) is 47.5 Å². The number of carbonyl (C=O) groups excluding carboxylic acids is 4. The molecule has 2 aromatic heterocycles. The molecule has 5 aliphatic rings. The number of rotatable bonds is 14. The number of alkyl carbamates (subject to hydrolysis) is 1. The van der Waals surface area contributed by atoms with E-state index in [-0.39, 0.29) is 31.5 Å². The van der Waals surface area contributed by atoms with Crippen molar-refractivity contribution >= 4 is 61.2 Å². The van der Waals surface area contributed by atoms with Crippen LogP contribution in [0.2, 0.25) is 0 Å². The molecule has 3 saturated carbocycles. The Morgan fingerprint density at radius 3 is 2.49 bits per heavy atom. The first-order chi connectivity index (χ1) is 29.0. The summed E-state index contributed by atoms with van der Waals surface area (Å²) in [5.74, 6) is -1.35. The van der Waals surface area contributed by atoms with Crippen LogP contribution in [0.25, 0.3) is 22.3 Å². The number of likely N-dealkylation sites (tertiary alicyclic amines) is 1. The highest BCUT2D eigenvalue weighted by Crippen LogP contribution is 2.46. The Morgan fingerprint density at radius 1 is 1.07 bits per heavy atom. The van der Waals surface area contributed by atoms with Crippen LogP contribution in [0.5, 0.6) is 11.5 Å². The van der Waals surface area contributed by atoms with Gasteiger partial charge in [0.25, 0.3) is 5.91 Å². The van der Waals surface area contributed by atoms with Gasteiger partial charge in [0.05, 0.1) is 29.6 Å². The van der Waals surface area contributed by atoms with Gasteiger partial charge in [-0.2, -0.15) is 0 Å². The van der Waals surface area contributed by atoms with Crippen molar-refractivity contribution in [1.82, 2.24) is 30.2 Å². The zero-order chi connectivity index (χ0) is 43.4.